The molecule has 1 heterocycles. The number of benzene rings is 2. The van der Waals surface area contributed by atoms with Crippen molar-refractivity contribution in [1.29, 1.82) is 0 Å². The fraction of sp³-hybridized carbons (Fsp3) is 0.333. The molecule has 0 radical (unpaired) electrons. The lowest BCUT2D eigenvalue weighted by Crippen LogP contribution is -2.50. The summed E-state index contributed by atoms with van der Waals surface area (Å²) in [6, 6.07) is 20.4. The summed E-state index contributed by atoms with van der Waals surface area (Å²) in [7, 11) is 0. The van der Waals surface area contributed by atoms with Crippen LogP contribution in [-0.2, 0) is 13.1 Å². The third-order valence-electron chi connectivity index (χ3n) is 3.99. The lowest BCUT2D eigenvalue weighted by atomic mass is 10.1. The van der Waals surface area contributed by atoms with Crippen LogP contribution < -0.4 is 0 Å². The Balaban J connectivity index is 1.54. The summed E-state index contributed by atoms with van der Waals surface area (Å²) < 4.78 is 14.4. The number of hydrogen-bond donors (Lipinski definition) is 0. The van der Waals surface area contributed by atoms with Crippen molar-refractivity contribution in [3.63, 3.8) is 0 Å². The Labute approximate surface area is 125 Å². The molecule has 0 amide bonds. The molecule has 1 atom stereocenters. The summed E-state index contributed by atoms with van der Waals surface area (Å²) in [6.07, 6.45) is -0.886. The van der Waals surface area contributed by atoms with E-state index in [1.165, 1.54) is 11.1 Å². The Hall–Kier alpha value is -1.71. The van der Waals surface area contributed by atoms with Gasteiger partial charge in [-0.3, -0.25) is 9.80 Å². The summed E-state index contributed by atoms with van der Waals surface area (Å²) >= 11 is 0. The minimum atomic E-state index is -0.886. The minimum absolute atomic E-state index is 0.488. The molecule has 3 rings (SSSR count). The largest absolute Gasteiger partial charge is 0.294 e. The highest BCUT2D eigenvalue weighted by atomic mass is 19.1. The number of hydrogen-bond acceptors (Lipinski definition) is 2. The van der Waals surface area contributed by atoms with Gasteiger partial charge in [0, 0.05) is 32.7 Å². The summed E-state index contributed by atoms with van der Waals surface area (Å²) in [5.74, 6) is 0. The molecular weight excluding hydrogens is 263 g/mol. The molecule has 2 aromatic rings. The van der Waals surface area contributed by atoms with Gasteiger partial charge in [-0.25, -0.2) is 4.39 Å². The normalized spacial score (nSPS) is 20.5. The molecule has 2 nitrogen and oxygen atoms in total. The summed E-state index contributed by atoms with van der Waals surface area (Å²) in [5.41, 5.74) is 2.43. The molecule has 21 heavy (non-hydrogen) atoms. The zero-order valence-electron chi connectivity index (χ0n) is 12.2. The molecule has 1 fully saturated rings. The predicted octanol–water partition coefficient (Wildman–Crippen LogP) is 3.30. The van der Waals surface area contributed by atoms with Gasteiger partial charge in [0.1, 0.15) is 0 Å². The maximum atomic E-state index is 14.4. The first-order valence-electron chi connectivity index (χ1n) is 7.49. The van der Waals surface area contributed by atoms with E-state index in [2.05, 4.69) is 29.2 Å². The van der Waals surface area contributed by atoms with Crippen LogP contribution in [0.3, 0.4) is 0 Å². The van der Waals surface area contributed by atoms with E-state index in [1.54, 1.807) is 0 Å². The molecule has 3 heteroatoms. The van der Waals surface area contributed by atoms with E-state index in [-0.39, 0.29) is 0 Å². The molecule has 1 unspecified atom stereocenters. The van der Waals surface area contributed by atoms with Crippen LogP contribution in [0.2, 0.25) is 0 Å². The zero-order valence-corrected chi connectivity index (χ0v) is 12.2. The molecule has 2 aromatic carbocycles. The second-order valence-electron chi connectivity index (χ2n) is 5.61. The van der Waals surface area contributed by atoms with Crippen LogP contribution >= 0.6 is 0 Å². The second kappa shape index (κ2) is 6.83. The Kier molecular flexibility index (Phi) is 4.63. The Morgan fingerprint density at radius 2 is 1.38 bits per heavy atom. The molecule has 0 aromatic heterocycles. The molecule has 1 saturated heterocycles. The smallest absolute Gasteiger partial charge is 0.166 e. The first-order valence-corrected chi connectivity index (χ1v) is 7.49. The average molecular weight is 284 g/mol. The number of halogens is 1. The van der Waals surface area contributed by atoms with Crippen molar-refractivity contribution in [1.82, 2.24) is 9.80 Å². The van der Waals surface area contributed by atoms with Crippen LogP contribution in [0, 0.1) is 0 Å². The van der Waals surface area contributed by atoms with Crippen molar-refractivity contribution < 1.29 is 4.39 Å². The number of nitrogens with zero attached hydrogens (tertiary/aromatic N) is 2. The number of alkyl halides is 1. The maximum Gasteiger partial charge on any atom is 0.166 e. The third kappa shape index (κ3) is 3.90. The molecule has 0 spiro atoms. The number of rotatable bonds is 4. The highest BCUT2D eigenvalue weighted by molar-refractivity contribution is 5.15. The summed E-state index contributed by atoms with van der Waals surface area (Å²) in [6.45, 7) is 3.72. The number of piperazine rings is 1. The lowest BCUT2D eigenvalue weighted by molar-refractivity contribution is -0.00845. The standard InChI is InChI=1S/C18H21FN2/c19-18-15-20(13-16-7-3-1-4-8-16)11-12-21(18)14-17-9-5-2-6-10-17/h1-10,18H,11-15H2. The van der Waals surface area contributed by atoms with Gasteiger partial charge in [-0.15, -0.1) is 0 Å². The zero-order chi connectivity index (χ0) is 14.5. The SMILES string of the molecule is FC1CN(Cc2ccccc2)CCN1Cc1ccccc1. The predicted molar refractivity (Wildman–Crippen MR) is 83.5 cm³/mol. The van der Waals surface area contributed by atoms with E-state index in [0.29, 0.717) is 13.1 Å². The van der Waals surface area contributed by atoms with E-state index >= 15 is 0 Å². The van der Waals surface area contributed by atoms with Crippen molar-refractivity contribution >= 4 is 0 Å². The van der Waals surface area contributed by atoms with Crippen molar-refractivity contribution in [2.75, 3.05) is 19.6 Å². The Morgan fingerprint density at radius 1 is 0.810 bits per heavy atom. The lowest BCUT2D eigenvalue weighted by Gasteiger charge is -2.37. The first-order chi connectivity index (χ1) is 10.3. The van der Waals surface area contributed by atoms with Gasteiger partial charge in [-0.1, -0.05) is 60.7 Å². The minimum Gasteiger partial charge on any atom is -0.294 e. The van der Waals surface area contributed by atoms with Crippen molar-refractivity contribution in [3.05, 3.63) is 71.8 Å². The first kappa shape index (κ1) is 14.2. The molecule has 1 aliphatic heterocycles. The monoisotopic (exact) mass is 284 g/mol. The fourth-order valence-electron chi connectivity index (χ4n) is 2.81. The third-order valence-corrected chi connectivity index (χ3v) is 3.99. The van der Waals surface area contributed by atoms with Crippen LogP contribution in [0.15, 0.2) is 60.7 Å². The quantitative estimate of drug-likeness (QED) is 0.795. The van der Waals surface area contributed by atoms with E-state index < -0.39 is 6.30 Å². The van der Waals surface area contributed by atoms with Crippen LogP contribution in [-0.4, -0.2) is 35.7 Å². The van der Waals surface area contributed by atoms with Crippen LogP contribution in [0.25, 0.3) is 0 Å². The van der Waals surface area contributed by atoms with Crippen LogP contribution in [0.4, 0.5) is 4.39 Å². The van der Waals surface area contributed by atoms with Gasteiger partial charge in [0.2, 0.25) is 0 Å². The summed E-state index contributed by atoms with van der Waals surface area (Å²) in [4.78, 5) is 4.12. The molecule has 0 saturated carbocycles. The van der Waals surface area contributed by atoms with Gasteiger partial charge in [-0.2, -0.15) is 0 Å². The highest BCUT2D eigenvalue weighted by Crippen LogP contribution is 2.16. The van der Waals surface area contributed by atoms with Crippen molar-refractivity contribution in [2.45, 2.75) is 19.4 Å². The molecule has 0 bridgehead atoms. The van der Waals surface area contributed by atoms with E-state index in [0.717, 1.165) is 19.6 Å². The van der Waals surface area contributed by atoms with E-state index in [4.69, 9.17) is 0 Å². The molecule has 1 aliphatic rings. The average Bonchev–Trinajstić information content (AvgIpc) is 2.52. The summed E-state index contributed by atoms with van der Waals surface area (Å²) in [5, 5.41) is 0. The van der Waals surface area contributed by atoms with Gasteiger partial charge in [0.05, 0.1) is 0 Å². The van der Waals surface area contributed by atoms with E-state index in [9.17, 15) is 4.39 Å². The van der Waals surface area contributed by atoms with Crippen molar-refractivity contribution in [2.24, 2.45) is 0 Å². The van der Waals surface area contributed by atoms with Gasteiger partial charge in [0.15, 0.2) is 6.30 Å². The second-order valence-corrected chi connectivity index (χ2v) is 5.61. The fourth-order valence-corrected chi connectivity index (χ4v) is 2.81. The van der Waals surface area contributed by atoms with Crippen molar-refractivity contribution in [3.8, 4) is 0 Å². The van der Waals surface area contributed by atoms with Crippen LogP contribution in [0.5, 0.6) is 0 Å². The topological polar surface area (TPSA) is 6.48 Å². The van der Waals surface area contributed by atoms with Crippen LogP contribution in [0.1, 0.15) is 11.1 Å². The van der Waals surface area contributed by atoms with Gasteiger partial charge >= 0.3 is 0 Å². The molecule has 0 N–H and O–H groups in total. The van der Waals surface area contributed by atoms with E-state index in [1.807, 2.05) is 41.3 Å². The van der Waals surface area contributed by atoms with Gasteiger partial charge in [0.25, 0.3) is 0 Å². The molecule has 0 aliphatic carbocycles. The Bertz CT molecular complexity index is 544. The Morgan fingerprint density at radius 3 is 1.95 bits per heavy atom. The van der Waals surface area contributed by atoms with Gasteiger partial charge < -0.3 is 0 Å². The highest BCUT2D eigenvalue weighted by Gasteiger charge is 2.26. The molecule has 110 valence electrons. The maximum absolute atomic E-state index is 14.4. The van der Waals surface area contributed by atoms with Gasteiger partial charge in [-0.05, 0) is 11.1 Å². The molecular formula is C18H21FN2.